The minimum atomic E-state index is 0.496. The standard InChI is InChI=1S/C29H25NO2/c1-22-27-17-8-9-18-28(27)30(32-21-24-13-6-3-7-14-24)29(22)25-15-10-16-26(19-25)31-20-23-11-4-2-5-12-23/h2-19H,20-21H2,1H3. The van der Waals surface area contributed by atoms with Gasteiger partial charge in [0.1, 0.15) is 19.0 Å². The van der Waals surface area contributed by atoms with Crippen molar-refractivity contribution in [2.75, 3.05) is 0 Å². The number of hydrogen-bond acceptors (Lipinski definition) is 2. The van der Waals surface area contributed by atoms with Gasteiger partial charge in [-0.2, -0.15) is 4.73 Å². The molecule has 0 saturated heterocycles. The van der Waals surface area contributed by atoms with Crippen LogP contribution in [-0.4, -0.2) is 4.73 Å². The first kappa shape index (κ1) is 20.0. The molecule has 0 N–H and O–H groups in total. The second kappa shape index (κ2) is 9.03. The van der Waals surface area contributed by atoms with Crippen molar-refractivity contribution in [1.82, 2.24) is 4.73 Å². The van der Waals surface area contributed by atoms with Crippen LogP contribution in [0.1, 0.15) is 16.7 Å². The van der Waals surface area contributed by atoms with E-state index in [0.29, 0.717) is 13.2 Å². The van der Waals surface area contributed by atoms with E-state index in [-0.39, 0.29) is 0 Å². The monoisotopic (exact) mass is 419 g/mol. The van der Waals surface area contributed by atoms with Crippen LogP contribution >= 0.6 is 0 Å². The molecule has 1 aromatic heterocycles. The van der Waals surface area contributed by atoms with Crippen molar-refractivity contribution in [1.29, 1.82) is 0 Å². The highest BCUT2D eigenvalue weighted by molar-refractivity contribution is 5.91. The number of aryl methyl sites for hydroxylation is 1. The third kappa shape index (κ3) is 4.10. The first-order chi connectivity index (χ1) is 15.8. The molecule has 0 bridgehead atoms. The predicted octanol–water partition coefficient (Wildman–Crippen LogP) is 6.82. The largest absolute Gasteiger partial charge is 0.489 e. The minimum Gasteiger partial charge on any atom is -0.489 e. The van der Waals surface area contributed by atoms with Gasteiger partial charge in [0, 0.05) is 10.9 Å². The van der Waals surface area contributed by atoms with Crippen molar-refractivity contribution in [3.8, 4) is 17.0 Å². The van der Waals surface area contributed by atoms with Gasteiger partial charge >= 0.3 is 0 Å². The Morgan fingerprint density at radius 2 is 1.31 bits per heavy atom. The second-order valence-corrected chi connectivity index (χ2v) is 7.85. The summed E-state index contributed by atoms with van der Waals surface area (Å²) >= 11 is 0. The van der Waals surface area contributed by atoms with Gasteiger partial charge in [-0.25, -0.2) is 0 Å². The molecule has 0 aliphatic rings. The Hall–Kier alpha value is -3.98. The van der Waals surface area contributed by atoms with E-state index in [4.69, 9.17) is 9.57 Å². The van der Waals surface area contributed by atoms with E-state index in [1.807, 2.05) is 59.3 Å². The molecule has 0 radical (unpaired) electrons. The zero-order chi connectivity index (χ0) is 21.8. The van der Waals surface area contributed by atoms with Crippen molar-refractivity contribution in [2.45, 2.75) is 20.1 Å². The Labute approximate surface area is 188 Å². The maximum absolute atomic E-state index is 6.36. The molecule has 0 saturated carbocycles. The Balaban J connectivity index is 1.50. The summed E-state index contributed by atoms with van der Waals surface area (Å²) in [4.78, 5) is 6.36. The molecule has 0 atom stereocenters. The van der Waals surface area contributed by atoms with Gasteiger partial charge in [0.05, 0.1) is 11.2 Å². The third-order valence-corrected chi connectivity index (χ3v) is 5.64. The number of ether oxygens (including phenoxy) is 1. The number of para-hydroxylation sites is 1. The van der Waals surface area contributed by atoms with Gasteiger partial charge in [0.2, 0.25) is 0 Å². The molecule has 5 rings (SSSR count). The first-order valence-electron chi connectivity index (χ1n) is 10.8. The topological polar surface area (TPSA) is 23.4 Å². The zero-order valence-corrected chi connectivity index (χ0v) is 18.1. The summed E-state index contributed by atoms with van der Waals surface area (Å²) < 4.78 is 8.05. The lowest BCUT2D eigenvalue weighted by molar-refractivity contribution is 0.111. The van der Waals surface area contributed by atoms with Crippen LogP contribution in [0.2, 0.25) is 0 Å². The lowest BCUT2D eigenvalue weighted by Crippen LogP contribution is -2.12. The van der Waals surface area contributed by atoms with Crippen LogP contribution in [0.3, 0.4) is 0 Å². The maximum atomic E-state index is 6.36. The van der Waals surface area contributed by atoms with E-state index < -0.39 is 0 Å². The molecular weight excluding hydrogens is 394 g/mol. The molecule has 5 aromatic rings. The molecule has 0 aliphatic carbocycles. The minimum absolute atomic E-state index is 0.496. The van der Waals surface area contributed by atoms with Crippen LogP contribution in [0.4, 0.5) is 0 Å². The molecule has 32 heavy (non-hydrogen) atoms. The third-order valence-electron chi connectivity index (χ3n) is 5.64. The molecule has 0 spiro atoms. The van der Waals surface area contributed by atoms with Crippen LogP contribution in [0.15, 0.2) is 109 Å². The van der Waals surface area contributed by atoms with Gasteiger partial charge in [-0.3, -0.25) is 0 Å². The van der Waals surface area contributed by atoms with Gasteiger partial charge in [0.25, 0.3) is 0 Å². The number of hydrogen-bond donors (Lipinski definition) is 0. The van der Waals surface area contributed by atoms with E-state index in [9.17, 15) is 0 Å². The summed E-state index contributed by atoms with van der Waals surface area (Å²) in [6, 6.07) is 37.1. The first-order valence-corrected chi connectivity index (χ1v) is 10.8. The quantitative estimate of drug-likeness (QED) is 0.289. The van der Waals surface area contributed by atoms with Crippen LogP contribution in [0.5, 0.6) is 5.75 Å². The summed E-state index contributed by atoms with van der Waals surface area (Å²) in [6.45, 7) is 3.18. The van der Waals surface area contributed by atoms with Crippen molar-refractivity contribution in [2.24, 2.45) is 0 Å². The molecule has 1 heterocycles. The normalized spacial score (nSPS) is 10.9. The van der Waals surface area contributed by atoms with Crippen LogP contribution in [-0.2, 0) is 13.2 Å². The van der Waals surface area contributed by atoms with Crippen molar-refractivity contribution < 1.29 is 9.57 Å². The Morgan fingerprint density at radius 1 is 0.656 bits per heavy atom. The van der Waals surface area contributed by atoms with Crippen molar-refractivity contribution in [3.63, 3.8) is 0 Å². The fraction of sp³-hybridized carbons (Fsp3) is 0.103. The summed E-state index contributed by atoms with van der Waals surface area (Å²) in [5.41, 5.74) is 6.65. The van der Waals surface area contributed by atoms with E-state index in [1.54, 1.807) is 0 Å². The fourth-order valence-electron chi connectivity index (χ4n) is 4.02. The lowest BCUT2D eigenvalue weighted by Gasteiger charge is -2.14. The van der Waals surface area contributed by atoms with Gasteiger partial charge < -0.3 is 9.57 Å². The smallest absolute Gasteiger partial charge is 0.140 e. The molecule has 0 aliphatic heterocycles. The van der Waals surface area contributed by atoms with Crippen LogP contribution in [0.25, 0.3) is 22.2 Å². The predicted molar refractivity (Wildman–Crippen MR) is 130 cm³/mol. The Kier molecular flexibility index (Phi) is 5.63. The molecule has 158 valence electrons. The van der Waals surface area contributed by atoms with E-state index in [1.165, 1.54) is 10.9 Å². The molecule has 0 amide bonds. The van der Waals surface area contributed by atoms with Gasteiger partial charge in [-0.15, -0.1) is 0 Å². The highest BCUT2D eigenvalue weighted by atomic mass is 16.7. The number of fused-ring (bicyclic) bond motifs is 1. The average molecular weight is 420 g/mol. The Bertz CT molecular complexity index is 1320. The zero-order valence-electron chi connectivity index (χ0n) is 18.1. The maximum Gasteiger partial charge on any atom is 0.140 e. The highest BCUT2D eigenvalue weighted by Gasteiger charge is 2.17. The summed E-state index contributed by atoms with van der Waals surface area (Å²) in [5.74, 6) is 0.839. The summed E-state index contributed by atoms with van der Waals surface area (Å²) in [5, 5.41) is 1.19. The van der Waals surface area contributed by atoms with E-state index >= 15 is 0 Å². The molecule has 3 nitrogen and oxygen atoms in total. The van der Waals surface area contributed by atoms with Gasteiger partial charge in [-0.05, 0) is 41.8 Å². The lowest BCUT2D eigenvalue weighted by atomic mass is 10.1. The van der Waals surface area contributed by atoms with Crippen molar-refractivity contribution in [3.05, 3.63) is 126 Å². The number of rotatable bonds is 7. The van der Waals surface area contributed by atoms with Gasteiger partial charge in [-0.1, -0.05) is 91.0 Å². The number of nitrogens with zero attached hydrogens (tertiary/aromatic N) is 1. The SMILES string of the molecule is Cc1c(-c2cccc(OCc3ccccc3)c2)n(OCc2ccccc2)c2ccccc12. The highest BCUT2D eigenvalue weighted by Crippen LogP contribution is 2.34. The van der Waals surface area contributed by atoms with Crippen molar-refractivity contribution >= 4 is 10.9 Å². The van der Waals surface area contributed by atoms with E-state index in [0.717, 1.165) is 33.7 Å². The molecule has 3 heteroatoms. The number of aromatic nitrogens is 1. The second-order valence-electron chi connectivity index (χ2n) is 7.85. The van der Waals surface area contributed by atoms with Gasteiger partial charge in [0.15, 0.2) is 0 Å². The Morgan fingerprint density at radius 3 is 2.06 bits per heavy atom. The van der Waals surface area contributed by atoms with E-state index in [2.05, 4.69) is 61.5 Å². The van der Waals surface area contributed by atoms with Crippen LogP contribution < -0.4 is 9.57 Å². The molecule has 0 unspecified atom stereocenters. The summed E-state index contributed by atoms with van der Waals surface area (Å²) in [6.07, 6.45) is 0. The molecule has 0 fully saturated rings. The fourth-order valence-corrected chi connectivity index (χ4v) is 4.02. The average Bonchev–Trinajstić information content (AvgIpc) is 3.14. The number of benzene rings is 4. The molecule has 4 aromatic carbocycles. The summed E-state index contributed by atoms with van der Waals surface area (Å²) in [7, 11) is 0. The van der Waals surface area contributed by atoms with Crippen LogP contribution in [0, 0.1) is 6.92 Å². The molecular formula is C29H25NO2.